The lowest BCUT2D eigenvalue weighted by molar-refractivity contribution is -0.105. The number of carbonyl (C=O) groups is 2. The van der Waals surface area contributed by atoms with Crippen molar-refractivity contribution in [2.75, 3.05) is 10.6 Å². The van der Waals surface area contributed by atoms with Crippen LogP contribution in [0.5, 0.6) is 16.7 Å². The molecule has 0 bridgehead atoms. The van der Waals surface area contributed by atoms with Gasteiger partial charge in [0.2, 0.25) is 6.41 Å². The lowest BCUT2D eigenvalue weighted by atomic mass is 10.1. The number of rotatable bonds is 6. The zero-order chi connectivity index (χ0) is 18.5. The van der Waals surface area contributed by atoms with Crippen LogP contribution < -0.4 is 15.4 Å². The van der Waals surface area contributed by atoms with Gasteiger partial charge >= 0.3 is 0 Å². The largest absolute Gasteiger partial charge is 0.505 e. The number of para-hydroxylation sites is 1. The van der Waals surface area contributed by atoms with Crippen molar-refractivity contribution in [2.45, 2.75) is 6.92 Å². The molecule has 3 rings (SSSR count). The lowest BCUT2D eigenvalue weighted by Gasteiger charge is -2.10. The van der Waals surface area contributed by atoms with E-state index in [9.17, 15) is 14.7 Å². The predicted octanol–water partition coefficient (Wildman–Crippen LogP) is 3.17. The van der Waals surface area contributed by atoms with Crippen molar-refractivity contribution in [1.29, 1.82) is 0 Å². The molecule has 8 nitrogen and oxygen atoms in total. The molecule has 0 saturated heterocycles. The molecule has 3 N–H and O–H groups in total. The Morgan fingerprint density at radius 2 is 2.00 bits per heavy atom. The van der Waals surface area contributed by atoms with Gasteiger partial charge in [-0.15, -0.1) is 0 Å². The van der Waals surface area contributed by atoms with Gasteiger partial charge in [0.25, 0.3) is 11.1 Å². The van der Waals surface area contributed by atoms with Crippen LogP contribution in [0.1, 0.15) is 16.2 Å². The van der Waals surface area contributed by atoms with E-state index in [1.54, 1.807) is 37.3 Å². The SMILES string of the molecule is Cc1nsc(Oc2ccc(NC(=O)c3cccc(NC=O)c3O)cc2)n1. The summed E-state index contributed by atoms with van der Waals surface area (Å²) in [6, 6.07) is 11.2. The van der Waals surface area contributed by atoms with Gasteiger partial charge < -0.3 is 20.5 Å². The fraction of sp³-hybridized carbons (Fsp3) is 0.0588. The second-order valence-electron chi connectivity index (χ2n) is 5.15. The van der Waals surface area contributed by atoms with E-state index in [1.807, 2.05) is 0 Å². The number of amides is 2. The van der Waals surface area contributed by atoms with Crippen LogP contribution in [0.25, 0.3) is 0 Å². The van der Waals surface area contributed by atoms with E-state index in [0.717, 1.165) is 11.5 Å². The lowest BCUT2D eigenvalue weighted by Crippen LogP contribution is -2.12. The highest BCUT2D eigenvalue weighted by Crippen LogP contribution is 2.28. The molecular formula is C17H14N4O4S. The van der Waals surface area contributed by atoms with Crippen molar-refractivity contribution in [3.63, 3.8) is 0 Å². The maximum Gasteiger partial charge on any atom is 0.298 e. The zero-order valence-electron chi connectivity index (χ0n) is 13.6. The number of aryl methyl sites for hydroxylation is 1. The molecule has 3 aromatic rings. The molecule has 26 heavy (non-hydrogen) atoms. The van der Waals surface area contributed by atoms with Crippen molar-refractivity contribution in [1.82, 2.24) is 9.36 Å². The highest BCUT2D eigenvalue weighted by Gasteiger charge is 2.14. The monoisotopic (exact) mass is 370 g/mol. The first kappa shape index (κ1) is 17.4. The standard InChI is InChI=1S/C17H14N4O4S/c1-10-19-17(26-21-10)25-12-7-5-11(6-8-12)20-16(24)13-3-2-4-14(15(13)23)18-9-22/h2-9,23H,1H3,(H,18,22)(H,20,24). The van der Waals surface area contributed by atoms with Gasteiger partial charge in [-0.2, -0.15) is 9.36 Å². The number of aromatic hydroxyl groups is 1. The van der Waals surface area contributed by atoms with Crippen molar-refractivity contribution < 1.29 is 19.4 Å². The van der Waals surface area contributed by atoms with E-state index in [0.29, 0.717) is 28.9 Å². The van der Waals surface area contributed by atoms with Crippen molar-refractivity contribution in [2.24, 2.45) is 0 Å². The third kappa shape index (κ3) is 3.95. The number of ether oxygens (including phenoxy) is 1. The van der Waals surface area contributed by atoms with E-state index in [1.165, 1.54) is 12.1 Å². The topological polar surface area (TPSA) is 113 Å². The Bertz CT molecular complexity index is 940. The summed E-state index contributed by atoms with van der Waals surface area (Å²) >= 11 is 1.15. The Kier molecular flexibility index (Phi) is 5.09. The van der Waals surface area contributed by atoms with E-state index >= 15 is 0 Å². The summed E-state index contributed by atoms with van der Waals surface area (Å²) < 4.78 is 9.59. The van der Waals surface area contributed by atoms with Gasteiger partial charge in [0, 0.05) is 17.2 Å². The van der Waals surface area contributed by atoms with Gasteiger partial charge in [0.1, 0.15) is 11.6 Å². The molecule has 1 aromatic heterocycles. The first-order valence-electron chi connectivity index (χ1n) is 7.48. The number of nitrogens with zero attached hydrogens (tertiary/aromatic N) is 2. The molecule has 132 valence electrons. The number of phenols is 1. The summed E-state index contributed by atoms with van der Waals surface area (Å²) in [6.45, 7) is 1.77. The third-order valence-corrected chi connectivity index (χ3v) is 4.01. The van der Waals surface area contributed by atoms with E-state index in [4.69, 9.17) is 4.74 Å². The first-order chi connectivity index (χ1) is 12.6. The maximum atomic E-state index is 12.3. The average molecular weight is 370 g/mol. The van der Waals surface area contributed by atoms with Gasteiger partial charge in [-0.1, -0.05) is 6.07 Å². The summed E-state index contributed by atoms with van der Waals surface area (Å²) in [5.74, 6) is 0.383. The second-order valence-corrected chi connectivity index (χ2v) is 5.87. The molecule has 9 heteroatoms. The van der Waals surface area contributed by atoms with Gasteiger partial charge in [-0.25, -0.2) is 0 Å². The van der Waals surface area contributed by atoms with Crippen LogP contribution in [0.2, 0.25) is 0 Å². The number of carbonyl (C=O) groups excluding carboxylic acids is 2. The molecule has 0 spiro atoms. The van der Waals surface area contributed by atoms with Gasteiger partial charge in [-0.3, -0.25) is 9.59 Å². The Balaban J connectivity index is 1.70. The third-order valence-electron chi connectivity index (χ3n) is 3.32. The predicted molar refractivity (Wildman–Crippen MR) is 96.9 cm³/mol. The van der Waals surface area contributed by atoms with Crippen LogP contribution in [-0.2, 0) is 4.79 Å². The first-order valence-corrected chi connectivity index (χ1v) is 8.26. The maximum absolute atomic E-state index is 12.3. The number of aromatic nitrogens is 2. The number of benzene rings is 2. The minimum Gasteiger partial charge on any atom is -0.505 e. The van der Waals surface area contributed by atoms with Crippen LogP contribution in [0.15, 0.2) is 42.5 Å². The molecule has 0 aliphatic rings. The molecule has 1 heterocycles. The molecule has 2 aromatic carbocycles. The van der Waals surface area contributed by atoms with Gasteiger partial charge in [0.05, 0.1) is 11.3 Å². The molecule has 0 unspecified atom stereocenters. The average Bonchev–Trinajstić information content (AvgIpc) is 3.03. The number of nitrogens with one attached hydrogen (secondary N) is 2. The Morgan fingerprint density at radius 1 is 1.23 bits per heavy atom. The highest BCUT2D eigenvalue weighted by atomic mass is 32.1. The van der Waals surface area contributed by atoms with Crippen LogP contribution in [0, 0.1) is 6.92 Å². The van der Waals surface area contributed by atoms with Crippen LogP contribution in [0.4, 0.5) is 11.4 Å². The van der Waals surface area contributed by atoms with E-state index in [2.05, 4.69) is 20.0 Å². The Hall–Kier alpha value is -3.46. The molecule has 0 fully saturated rings. The number of anilines is 2. The summed E-state index contributed by atoms with van der Waals surface area (Å²) in [7, 11) is 0. The Morgan fingerprint density at radius 3 is 2.65 bits per heavy atom. The van der Waals surface area contributed by atoms with Crippen molar-refractivity contribution in [3.05, 3.63) is 53.9 Å². The number of phenolic OH excluding ortho intramolecular Hbond substituents is 1. The molecular weight excluding hydrogens is 356 g/mol. The summed E-state index contributed by atoms with van der Waals surface area (Å²) in [4.78, 5) is 27.0. The van der Waals surface area contributed by atoms with Crippen LogP contribution in [0.3, 0.4) is 0 Å². The minimum absolute atomic E-state index is 0.0431. The fourth-order valence-electron chi connectivity index (χ4n) is 2.13. The number of hydrogen-bond donors (Lipinski definition) is 3. The molecule has 0 radical (unpaired) electrons. The molecule has 0 aliphatic carbocycles. The van der Waals surface area contributed by atoms with Crippen molar-refractivity contribution in [3.8, 4) is 16.7 Å². The highest BCUT2D eigenvalue weighted by molar-refractivity contribution is 7.07. The molecule has 0 aliphatic heterocycles. The molecule has 0 saturated carbocycles. The smallest absolute Gasteiger partial charge is 0.298 e. The van der Waals surface area contributed by atoms with E-state index < -0.39 is 5.91 Å². The summed E-state index contributed by atoms with van der Waals surface area (Å²) in [5, 5.41) is 15.5. The fourth-order valence-corrected chi connectivity index (χ4v) is 2.69. The van der Waals surface area contributed by atoms with Crippen molar-refractivity contribution >= 4 is 35.2 Å². The van der Waals surface area contributed by atoms with E-state index in [-0.39, 0.29) is 17.0 Å². The molecule has 0 atom stereocenters. The minimum atomic E-state index is -0.509. The van der Waals surface area contributed by atoms with Crippen LogP contribution >= 0.6 is 11.5 Å². The second kappa shape index (κ2) is 7.62. The summed E-state index contributed by atoms with van der Waals surface area (Å²) in [6.07, 6.45) is 0.426. The molecule has 2 amide bonds. The van der Waals surface area contributed by atoms with Gasteiger partial charge in [-0.05, 0) is 43.3 Å². The van der Waals surface area contributed by atoms with Crippen LogP contribution in [-0.4, -0.2) is 26.8 Å². The number of hydrogen-bond acceptors (Lipinski definition) is 7. The summed E-state index contributed by atoms with van der Waals surface area (Å²) in [5.41, 5.74) is 0.717. The quantitative estimate of drug-likeness (QED) is 0.454. The normalized spacial score (nSPS) is 10.2. The Labute approximate surface area is 152 Å². The van der Waals surface area contributed by atoms with Gasteiger partial charge in [0.15, 0.2) is 5.75 Å². The zero-order valence-corrected chi connectivity index (χ0v) is 14.4.